The molecule has 0 aliphatic carbocycles. The Hall–Kier alpha value is -1.61. The monoisotopic (exact) mass is 391 g/mol. The molecule has 138 valence electrons. The summed E-state index contributed by atoms with van der Waals surface area (Å²) >= 11 is 5.29. The number of alkyl halides is 3. The minimum atomic E-state index is -4.42. The van der Waals surface area contributed by atoms with Gasteiger partial charge in [0.2, 0.25) is 0 Å². The van der Waals surface area contributed by atoms with E-state index in [0.717, 1.165) is 18.1 Å². The summed E-state index contributed by atoms with van der Waals surface area (Å²) in [5.74, 6) is 0. The van der Waals surface area contributed by atoms with Gasteiger partial charge in [-0.1, -0.05) is 24.4 Å². The molecule has 0 spiro atoms. The molecule has 25 heavy (non-hydrogen) atoms. The van der Waals surface area contributed by atoms with Gasteiger partial charge in [0.15, 0.2) is 0 Å². The molecule has 0 fully saturated rings. The molecule has 2 unspecified atom stereocenters. The molecule has 0 bridgehead atoms. The second-order valence-corrected chi connectivity index (χ2v) is 8.85. The molecule has 2 atom stereocenters. The van der Waals surface area contributed by atoms with Crippen LogP contribution >= 0.6 is 12.2 Å². The average molecular weight is 391 g/mol. The zero-order valence-corrected chi connectivity index (χ0v) is 15.5. The summed E-state index contributed by atoms with van der Waals surface area (Å²) in [4.78, 5) is 0.270. The molecule has 2 rings (SSSR count). The minimum absolute atomic E-state index is 0.0200. The van der Waals surface area contributed by atoms with Crippen LogP contribution in [0.15, 0.2) is 51.8 Å². The van der Waals surface area contributed by atoms with Gasteiger partial charge in [0.1, 0.15) is 10.7 Å². The van der Waals surface area contributed by atoms with Crippen LogP contribution in [0.3, 0.4) is 0 Å². The van der Waals surface area contributed by atoms with E-state index < -0.39 is 26.9 Å². The summed E-state index contributed by atoms with van der Waals surface area (Å²) in [7, 11) is -2.75. The van der Waals surface area contributed by atoms with Crippen LogP contribution in [-0.2, 0) is 9.73 Å². The van der Waals surface area contributed by atoms with E-state index in [0.29, 0.717) is 12.0 Å². The Balaban J connectivity index is 2.20. The van der Waals surface area contributed by atoms with E-state index in [-0.39, 0.29) is 11.5 Å². The third-order valence-electron chi connectivity index (χ3n) is 4.02. The number of halogens is 3. The van der Waals surface area contributed by atoms with Crippen LogP contribution in [0.1, 0.15) is 19.8 Å². The quantitative estimate of drug-likeness (QED) is 0.723. The molecule has 0 aromatic rings. The van der Waals surface area contributed by atoms with Crippen molar-refractivity contribution in [2.45, 2.75) is 31.2 Å². The number of hydrogen-bond acceptors (Lipinski definition) is 4. The maximum Gasteiger partial charge on any atom is 0.430 e. The van der Waals surface area contributed by atoms with Crippen molar-refractivity contribution in [2.75, 3.05) is 12.8 Å². The molecule has 9 heteroatoms. The fraction of sp³-hybridized carbons (Fsp3) is 0.438. The Kier molecular flexibility index (Phi) is 6.10. The van der Waals surface area contributed by atoms with E-state index in [2.05, 4.69) is 15.0 Å². The van der Waals surface area contributed by atoms with E-state index in [1.807, 2.05) is 6.08 Å². The van der Waals surface area contributed by atoms with Gasteiger partial charge in [0.25, 0.3) is 0 Å². The Morgan fingerprint density at radius 2 is 2.12 bits per heavy atom. The smallest absolute Gasteiger partial charge is 0.377 e. The van der Waals surface area contributed by atoms with Gasteiger partial charge in [-0.25, -0.2) is 4.21 Å². The number of rotatable bonds is 3. The highest BCUT2D eigenvalue weighted by atomic mass is 32.2. The van der Waals surface area contributed by atoms with Gasteiger partial charge in [0, 0.05) is 24.6 Å². The lowest BCUT2D eigenvalue weighted by Crippen LogP contribution is -2.34. The molecule has 0 saturated heterocycles. The molecular weight excluding hydrogens is 371 g/mol. The van der Waals surface area contributed by atoms with Crippen LogP contribution in [-0.4, -0.2) is 33.4 Å². The van der Waals surface area contributed by atoms with Gasteiger partial charge in [-0.2, -0.15) is 17.5 Å². The zero-order valence-electron chi connectivity index (χ0n) is 13.9. The predicted molar refractivity (Wildman–Crippen MR) is 98.4 cm³/mol. The average Bonchev–Trinajstić information content (AvgIpc) is 2.82. The lowest BCUT2D eigenvalue weighted by molar-refractivity contribution is -0.0966. The van der Waals surface area contributed by atoms with Crippen molar-refractivity contribution < 1.29 is 17.4 Å². The molecule has 4 nitrogen and oxygen atoms in total. The maximum atomic E-state index is 13.0. The molecule has 2 N–H and O–H groups in total. The zero-order chi connectivity index (χ0) is 18.7. The van der Waals surface area contributed by atoms with Crippen LogP contribution in [0.5, 0.6) is 0 Å². The molecule has 0 radical (unpaired) electrons. The van der Waals surface area contributed by atoms with E-state index >= 15 is 0 Å². The van der Waals surface area contributed by atoms with E-state index in [1.165, 1.54) is 12.3 Å². The van der Waals surface area contributed by atoms with Crippen LogP contribution in [0.2, 0.25) is 0 Å². The van der Waals surface area contributed by atoms with Crippen molar-refractivity contribution in [1.29, 1.82) is 0 Å². The van der Waals surface area contributed by atoms with E-state index in [1.54, 1.807) is 19.3 Å². The first-order valence-corrected chi connectivity index (χ1v) is 10.1. The van der Waals surface area contributed by atoms with Crippen LogP contribution < -0.4 is 10.6 Å². The fourth-order valence-electron chi connectivity index (χ4n) is 2.34. The van der Waals surface area contributed by atoms with Crippen molar-refractivity contribution in [3.8, 4) is 0 Å². The molecule has 2 aliphatic heterocycles. The summed E-state index contributed by atoms with van der Waals surface area (Å²) in [5, 5.41) is 4.76. The maximum absolute atomic E-state index is 13.0. The first kappa shape index (κ1) is 19.7. The van der Waals surface area contributed by atoms with Gasteiger partial charge in [0.05, 0.1) is 15.0 Å². The summed E-state index contributed by atoms with van der Waals surface area (Å²) in [6.45, 7) is 1.67. The van der Waals surface area contributed by atoms with Crippen molar-refractivity contribution in [1.82, 2.24) is 10.6 Å². The van der Waals surface area contributed by atoms with Gasteiger partial charge in [-0.3, -0.25) is 0 Å². The molecular formula is C16H20F3N3OS2. The van der Waals surface area contributed by atoms with Crippen molar-refractivity contribution >= 4 is 26.9 Å². The van der Waals surface area contributed by atoms with Gasteiger partial charge in [-0.15, -0.1) is 0 Å². The van der Waals surface area contributed by atoms with Crippen LogP contribution in [0, 0.1) is 0 Å². The highest BCUT2D eigenvalue weighted by Gasteiger charge is 2.35. The van der Waals surface area contributed by atoms with Crippen molar-refractivity contribution in [3.63, 3.8) is 0 Å². The summed E-state index contributed by atoms with van der Waals surface area (Å²) in [6.07, 6.45) is 6.37. The molecule has 0 amide bonds. The second kappa shape index (κ2) is 7.74. The van der Waals surface area contributed by atoms with Gasteiger partial charge >= 0.3 is 6.18 Å². The predicted octanol–water partition coefficient (Wildman–Crippen LogP) is 3.56. The normalized spacial score (nSPS) is 21.4. The Morgan fingerprint density at radius 3 is 2.72 bits per heavy atom. The Labute approximate surface area is 151 Å². The van der Waals surface area contributed by atoms with E-state index in [9.17, 15) is 17.4 Å². The van der Waals surface area contributed by atoms with E-state index in [4.69, 9.17) is 12.2 Å². The number of allylic oxidation sites excluding steroid dienone is 4. The number of hydrogen-bond donors (Lipinski definition) is 2. The molecule has 2 heterocycles. The topological polar surface area (TPSA) is 53.5 Å². The standard InChI is InChI=1S/C16H20F3N3OS2/c1-11(12-6-7-14(21-10-12)16(17,18)19)25(2,23)22-15(24)13-5-3-4-8-20-9-13/h4,6-9,11,20-21H,3,5,10H2,1-2H3. The first-order valence-electron chi connectivity index (χ1n) is 7.68. The number of thiocarbonyl (C=S) groups is 1. The largest absolute Gasteiger partial charge is 0.430 e. The molecule has 0 aromatic heterocycles. The fourth-order valence-corrected chi connectivity index (χ4v) is 4.28. The molecule has 0 saturated carbocycles. The second-order valence-electron chi connectivity index (χ2n) is 5.85. The number of dihydropyridines is 1. The van der Waals surface area contributed by atoms with Crippen molar-refractivity contribution in [3.05, 3.63) is 47.5 Å². The minimum Gasteiger partial charge on any atom is -0.377 e. The highest BCUT2D eigenvalue weighted by Crippen LogP contribution is 2.27. The molecule has 0 aromatic carbocycles. The summed E-state index contributed by atoms with van der Waals surface area (Å²) in [5.41, 5.74) is 0.583. The first-order chi connectivity index (χ1) is 11.6. The van der Waals surface area contributed by atoms with Gasteiger partial charge in [-0.05, 0) is 37.6 Å². The summed E-state index contributed by atoms with van der Waals surface area (Å²) < 4.78 is 55.1. The SMILES string of the molecule is CC(C1=CC=C(C(F)(F)F)NC1)S(C)(=O)=NC(=S)C1=CNC=CCC1. The van der Waals surface area contributed by atoms with Crippen LogP contribution in [0.25, 0.3) is 0 Å². The lowest BCUT2D eigenvalue weighted by Gasteiger charge is -2.23. The number of nitrogens with one attached hydrogen (secondary N) is 2. The summed E-state index contributed by atoms with van der Waals surface area (Å²) in [6, 6.07) is 0. The highest BCUT2D eigenvalue weighted by molar-refractivity contribution is 7.94. The third-order valence-corrected chi connectivity index (χ3v) is 6.65. The third kappa shape index (κ3) is 5.18. The number of nitrogens with zero attached hydrogens (tertiary/aromatic N) is 1. The lowest BCUT2D eigenvalue weighted by atomic mass is 10.1. The Morgan fingerprint density at radius 1 is 1.40 bits per heavy atom. The van der Waals surface area contributed by atoms with Crippen LogP contribution in [0.4, 0.5) is 13.2 Å². The van der Waals surface area contributed by atoms with Gasteiger partial charge < -0.3 is 10.6 Å². The Bertz CT molecular complexity index is 785. The molecule has 2 aliphatic rings. The van der Waals surface area contributed by atoms with Crippen molar-refractivity contribution in [2.24, 2.45) is 4.36 Å².